The molecule has 1 aromatic heterocycles. The third-order valence-electron chi connectivity index (χ3n) is 2.63. The van der Waals surface area contributed by atoms with E-state index in [0.29, 0.717) is 6.04 Å². The van der Waals surface area contributed by atoms with Crippen LogP contribution in [-0.2, 0) is 11.2 Å². The first-order valence-corrected chi connectivity index (χ1v) is 5.91. The van der Waals surface area contributed by atoms with E-state index < -0.39 is 0 Å². The fourth-order valence-electron chi connectivity index (χ4n) is 1.92. The predicted octanol–water partition coefficient (Wildman–Crippen LogP) is 2.56. The van der Waals surface area contributed by atoms with E-state index in [1.165, 1.54) is 6.42 Å². The summed E-state index contributed by atoms with van der Waals surface area (Å²) in [7, 11) is 0. The molecule has 78 valence electrons. The number of halogens is 1. The zero-order valence-corrected chi connectivity index (χ0v) is 9.96. The highest BCUT2D eigenvalue weighted by molar-refractivity contribution is 9.10. The number of hydrogen-bond acceptors (Lipinski definition) is 2. The van der Waals surface area contributed by atoms with Crippen molar-refractivity contribution >= 4 is 15.9 Å². The van der Waals surface area contributed by atoms with E-state index >= 15 is 0 Å². The summed E-state index contributed by atoms with van der Waals surface area (Å²) in [5, 5.41) is 0. The van der Waals surface area contributed by atoms with Crippen LogP contribution in [-0.4, -0.2) is 22.8 Å². The minimum atomic E-state index is 0.484. The number of aromatic nitrogens is 2. The van der Waals surface area contributed by atoms with E-state index in [1.54, 1.807) is 0 Å². The lowest BCUT2D eigenvalue weighted by molar-refractivity contribution is 0.0582. The second-order valence-corrected chi connectivity index (χ2v) is 4.42. The van der Waals surface area contributed by atoms with Crippen molar-refractivity contribution in [3.05, 3.63) is 16.6 Å². The summed E-state index contributed by atoms with van der Waals surface area (Å²) in [6.45, 7) is 3.87. The van der Waals surface area contributed by atoms with Gasteiger partial charge in [-0.25, -0.2) is 4.98 Å². The van der Waals surface area contributed by atoms with Crippen molar-refractivity contribution in [2.45, 2.75) is 32.2 Å². The van der Waals surface area contributed by atoms with Crippen LogP contribution in [0.25, 0.3) is 0 Å². The predicted molar refractivity (Wildman–Crippen MR) is 58.4 cm³/mol. The van der Waals surface area contributed by atoms with Gasteiger partial charge in [-0.05, 0) is 28.8 Å². The van der Waals surface area contributed by atoms with E-state index in [0.717, 1.165) is 36.5 Å². The van der Waals surface area contributed by atoms with Gasteiger partial charge in [0.25, 0.3) is 0 Å². The topological polar surface area (TPSA) is 27.1 Å². The second-order valence-electron chi connectivity index (χ2n) is 3.61. The second kappa shape index (κ2) is 4.45. The van der Waals surface area contributed by atoms with Crippen LogP contribution in [0.2, 0.25) is 0 Å². The van der Waals surface area contributed by atoms with Gasteiger partial charge in [-0.3, -0.25) is 0 Å². The normalized spacial score (nSPS) is 22.6. The van der Waals surface area contributed by atoms with Crippen LogP contribution in [0, 0.1) is 0 Å². The molecule has 0 saturated carbocycles. The van der Waals surface area contributed by atoms with Crippen LogP contribution in [0.4, 0.5) is 0 Å². The molecule has 0 bridgehead atoms. The van der Waals surface area contributed by atoms with Crippen molar-refractivity contribution in [3.8, 4) is 0 Å². The Hall–Kier alpha value is -0.350. The molecule has 1 aliphatic rings. The fourth-order valence-corrected chi connectivity index (χ4v) is 2.35. The summed E-state index contributed by atoms with van der Waals surface area (Å²) in [5.74, 6) is 1.15. The lowest BCUT2D eigenvalue weighted by atomic mass is 10.1. The van der Waals surface area contributed by atoms with Gasteiger partial charge in [-0.15, -0.1) is 0 Å². The van der Waals surface area contributed by atoms with Gasteiger partial charge >= 0.3 is 0 Å². The van der Waals surface area contributed by atoms with Crippen molar-refractivity contribution in [1.29, 1.82) is 0 Å². The van der Waals surface area contributed by atoms with Crippen molar-refractivity contribution in [2.24, 2.45) is 0 Å². The molecule has 14 heavy (non-hydrogen) atoms. The van der Waals surface area contributed by atoms with Gasteiger partial charge in [0.1, 0.15) is 10.4 Å². The van der Waals surface area contributed by atoms with Crippen molar-refractivity contribution in [1.82, 2.24) is 9.55 Å². The molecule has 0 N–H and O–H groups in total. The maximum Gasteiger partial charge on any atom is 0.124 e. The molecule has 0 aromatic carbocycles. The summed E-state index contributed by atoms with van der Waals surface area (Å²) in [4.78, 5) is 4.43. The molecule has 1 aromatic rings. The third kappa shape index (κ3) is 2.01. The molecule has 0 aliphatic carbocycles. The number of rotatable bonds is 2. The van der Waals surface area contributed by atoms with Crippen molar-refractivity contribution in [3.63, 3.8) is 0 Å². The molecule has 2 heterocycles. The highest BCUT2D eigenvalue weighted by Crippen LogP contribution is 2.23. The van der Waals surface area contributed by atoms with E-state index in [2.05, 4.69) is 38.6 Å². The summed E-state index contributed by atoms with van der Waals surface area (Å²) in [6.07, 6.45) is 5.40. The van der Waals surface area contributed by atoms with Crippen LogP contribution >= 0.6 is 15.9 Å². The van der Waals surface area contributed by atoms with Crippen LogP contribution in [0.1, 0.15) is 31.6 Å². The molecule has 4 heteroatoms. The van der Waals surface area contributed by atoms with E-state index in [9.17, 15) is 0 Å². The average Bonchev–Trinajstić information content (AvgIpc) is 2.61. The number of aryl methyl sites for hydroxylation is 1. The summed E-state index contributed by atoms with van der Waals surface area (Å²) in [5.41, 5.74) is 0. The SMILES string of the molecule is CCc1nc(Br)cn1C1CCCOC1. The zero-order valence-electron chi connectivity index (χ0n) is 8.37. The van der Waals surface area contributed by atoms with Crippen LogP contribution in [0.3, 0.4) is 0 Å². The Balaban J connectivity index is 2.20. The minimum absolute atomic E-state index is 0.484. The maximum absolute atomic E-state index is 5.48. The summed E-state index contributed by atoms with van der Waals surface area (Å²) < 4.78 is 8.67. The fraction of sp³-hybridized carbons (Fsp3) is 0.700. The molecule has 1 saturated heterocycles. The first-order valence-electron chi connectivity index (χ1n) is 5.12. The lowest BCUT2D eigenvalue weighted by Gasteiger charge is -2.24. The van der Waals surface area contributed by atoms with E-state index in [1.807, 2.05) is 0 Å². The number of imidazole rings is 1. The van der Waals surface area contributed by atoms with Gasteiger partial charge in [-0.1, -0.05) is 6.92 Å². The number of hydrogen-bond donors (Lipinski definition) is 0. The van der Waals surface area contributed by atoms with E-state index in [4.69, 9.17) is 4.74 Å². The first-order chi connectivity index (χ1) is 6.81. The largest absolute Gasteiger partial charge is 0.379 e. The van der Waals surface area contributed by atoms with Gasteiger partial charge in [0.05, 0.1) is 12.6 Å². The van der Waals surface area contributed by atoms with Gasteiger partial charge in [0.15, 0.2) is 0 Å². The van der Waals surface area contributed by atoms with E-state index in [-0.39, 0.29) is 0 Å². The smallest absolute Gasteiger partial charge is 0.124 e. The Morgan fingerprint density at radius 3 is 3.21 bits per heavy atom. The highest BCUT2D eigenvalue weighted by Gasteiger charge is 2.18. The molecular formula is C10H15BrN2O. The molecule has 3 nitrogen and oxygen atoms in total. The Kier molecular flexibility index (Phi) is 3.23. The van der Waals surface area contributed by atoms with Crippen molar-refractivity contribution in [2.75, 3.05) is 13.2 Å². The Bertz CT molecular complexity index is 305. The number of ether oxygens (including phenoxy) is 1. The van der Waals surface area contributed by atoms with Crippen LogP contribution < -0.4 is 0 Å². The molecule has 1 aliphatic heterocycles. The third-order valence-corrected chi connectivity index (χ3v) is 3.01. The Labute approximate surface area is 92.6 Å². The molecule has 1 atom stereocenters. The quantitative estimate of drug-likeness (QED) is 0.816. The molecule has 1 fully saturated rings. The van der Waals surface area contributed by atoms with Gasteiger partial charge in [0, 0.05) is 19.2 Å². The molecule has 0 radical (unpaired) electrons. The molecular weight excluding hydrogens is 244 g/mol. The van der Waals surface area contributed by atoms with Gasteiger partial charge in [0.2, 0.25) is 0 Å². The monoisotopic (exact) mass is 258 g/mol. The average molecular weight is 259 g/mol. The van der Waals surface area contributed by atoms with Gasteiger partial charge < -0.3 is 9.30 Å². The Morgan fingerprint density at radius 2 is 2.57 bits per heavy atom. The summed E-state index contributed by atoms with van der Waals surface area (Å²) >= 11 is 3.42. The molecule has 0 amide bonds. The number of nitrogens with zero attached hydrogens (tertiary/aromatic N) is 2. The standard InChI is InChI=1S/C10H15BrN2O/c1-2-10-12-9(11)6-13(10)8-4-3-5-14-7-8/h6,8H,2-5,7H2,1H3. The first kappa shape index (κ1) is 10.2. The van der Waals surface area contributed by atoms with Gasteiger partial charge in [-0.2, -0.15) is 0 Å². The lowest BCUT2D eigenvalue weighted by Crippen LogP contribution is -2.22. The minimum Gasteiger partial charge on any atom is -0.379 e. The van der Waals surface area contributed by atoms with Crippen molar-refractivity contribution < 1.29 is 4.74 Å². The maximum atomic E-state index is 5.48. The van der Waals surface area contributed by atoms with Crippen LogP contribution in [0.5, 0.6) is 0 Å². The van der Waals surface area contributed by atoms with Crippen LogP contribution in [0.15, 0.2) is 10.8 Å². The zero-order chi connectivity index (χ0) is 9.97. The highest BCUT2D eigenvalue weighted by atomic mass is 79.9. The molecule has 1 unspecified atom stereocenters. The molecule has 2 rings (SSSR count). The summed E-state index contributed by atoms with van der Waals surface area (Å²) in [6, 6.07) is 0.484. The molecule has 0 spiro atoms. The Morgan fingerprint density at radius 1 is 1.71 bits per heavy atom.